The molecule has 1 aromatic rings. The van der Waals surface area contributed by atoms with Crippen LogP contribution in [0.3, 0.4) is 0 Å². The number of benzene rings is 1. The van der Waals surface area contributed by atoms with Crippen molar-refractivity contribution in [3.8, 4) is 0 Å². The molecule has 4 N–H and O–H groups in total. The third kappa shape index (κ3) is 7.28. The summed E-state index contributed by atoms with van der Waals surface area (Å²) in [5.41, 5.74) is 5.37. The van der Waals surface area contributed by atoms with Gasteiger partial charge in [0.15, 0.2) is 0 Å². The standard InChI is InChI=1S/C14H23N3O4S.ClH/c1-14(2,15)13(18)16-10-11-5-4-6-12(9-11)22(19,20)17-7-8-21-3;/h4-6,9,17H,7-8,10,15H2,1-3H3,(H,16,18);1H. The molecule has 9 heteroatoms. The largest absolute Gasteiger partial charge is 0.383 e. The summed E-state index contributed by atoms with van der Waals surface area (Å²) in [5, 5.41) is 2.67. The van der Waals surface area contributed by atoms with Crippen molar-refractivity contribution in [2.75, 3.05) is 20.3 Å². The van der Waals surface area contributed by atoms with Crippen LogP contribution in [0.1, 0.15) is 19.4 Å². The van der Waals surface area contributed by atoms with Crippen molar-refractivity contribution >= 4 is 28.3 Å². The number of amides is 1. The Morgan fingerprint density at radius 2 is 2.00 bits per heavy atom. The lowest BCUT2D eigenvalue weighted by molar-refractivity contribution is -0.125. The molecule has 23 heavy (non-hydrogen) atoms. The first-order valence-electron chi connectivity index (χ1n) is 6.81. The first-order chi connectivity index (χ1) is 10.2. The molecule has 0 spiro atoms. The van der Waals surface area contributed by atoms with E-state index in [0.29, 0.717) is 12.2 Å². The number of carbonyl (C=O) groups is 1. The molecule has 0 atom stereocenters. The summed E-state index contributed by atoms with van der Waals surface area (Å²) < 4.78 is 31.4. The number of carbonyl (C=O) groups excluding carboxylic acids is 1. The fraction of sp³-hybridized carbons (Fsp3) is 0.500. The van der Waals surface area contributed by atoms with E-state index in [1.165, 1.54) is 19.2 Å². The van der Waals surface area contributed by atoms with Crippen LogP contribution < -0.4 is 15.8 Å². The highest BCUT2D eigenvalue weighted by Gasteiger charge is 2.21. The topological polar surface area (TPSA) is 111 Å². The number of sulfonamides is 1. The number of ether oxygens (including phenoxy) is 1. The summed E-state index contributed by atoms with van der Waals surface area (Å²) in [6.07, 6.45) is 0. The summed E-state index contributed by atoms with van der Waals surface area (Å²) in [4.78, 5) is 11.9. The third-order valence-corrected chi connectivity index (χ3v) is 4.30. The second kappa shape index (κ2) is 9.19. The minimum atomic E-state index is -3.59. The summed E-state index contributed by atoms with van der Waals surface area (Å²) >= 11 is 0. The highest BCUT2D eigenvalue weighted by atomic mass is 35.5. The van der Waals surface area contributed by atoms with E-state index < -0.39 is 15.6 Å². The van der Waals surface area contributed by atoms with Gasteiger partial charge in [0.05, 0.1) is 17.0 Å². The van der Waals surface area contributed by atoms with E-state index in [0.717, 1.165) is 0 Å². The van der Waals surface area contributed by atoms with Gasteiger partial charge in [-0.25, -0.2) is 13.1 Å². The smallest absolute Gasteiger partial charge is 0.240 e. The van der Waals surface area contributed by atoms with Gasteiger partial charge in [0.1, 0.15) is 0 Å². The van der Waals surface area contributed by atoms with Crippen molar-refractivity contribution in [1.82, 2.24) is 10.0 Å². The Labute approximate surface area is 143 Å². The molecule has 0 aliphatic heterocycles. The van der Waals surface area contributed by atoms with E-state index in [1.54, 1.807) is 26.0 Å². The van der Waals surface area contributed by atoms with Crippen LogP contribution in [-0.2, 0) is 26.1 Å². The molecule has 0 bridgehead atoms. The van der Waals surface area contributed by atoms with Gasteiger partial charge >= 0.3 is 0 Å². The van der Waals surface area contributed by atoms with Crippen molar-refractivity contribution in [3.05, 3.63) is 29.8 Å². The van der Waals surface area contributed by atoms with E-state index in [-0.39, 0.29) is 36.3 Å². The van der Waals surface area contributed by atoms with Gasteiger partial charge in [0.2, 0.25) is 15.9 Å². The lowest BCUT2D eigenvalue weighted by atomic mass is 10.1. The molecule has 1 amide bonds. The number of hydrogen-bond donors (Lipinski definition) is 3. The summed E-state index contributed by atoms with van der Waals surface area (Å²) in [6, 6.07) is 6.37. The Bertz CT molecular complexity index is 615. The van der Waals surface area contributed by atoms with E-state index in [2.05, 4.69) is 10.0 Å². The summed E-state index contributed by atoms with van der Waals surface area (Å²) in [7, 11) is -2.09. The Morgan fingerprint density at radius 3 is 2.57 bits per heavy atom. The predicted molar refractivity (Wildman–Crippen MR) is 90.9 cm³/mol. The quantitative estimate of drug-likeness (QED) is 0.577. The summed E-state index contributed by atoms with van der Waals surface area (Å²) in [5.74, 6) is -0.307. The number of nitrogens with one attached hydrogen (secondary N) is 2. The van der Waals surface area contributed by atoms with E-state index in [4.69, 9.17) is 10.5 Å². The van der Waals surface area contributed by atoms with Crippen molar-refractivity contribution in [3.63, 3.8) is 0 Å². The molecule has 0 radical (unpaired) electrons. The van der Waals surface area contributed by atoms with Gasteiger partial charge in [0.25, 0.3) is 0 Å². The lowest BCUT2D eigenvalue weighted by Crippen LogP contribution is -2.48. The molecule has 0 fully saturated rings. The first-order valence-corrected chi connectivity index (χ1v) is 8.30. The molecule has 0 saturated heterocycles. The zero-order chi connectivity index (χ0) is 16.8. The normalized spacial score (nSPS) is 11.7. The molecule has 0 unspecified atom stereocenters. The van der Waals surface area contributed by atoms with Crippen LogP contribution in [-0.4, -0.2) is 40.1 Å². The van der Waals surface area contributed by atoms with Crippen molar-refractivity contribution in [2.24, 2.45) is 5.73 Å². The average Bonchev–Trinajstić information content (AvgIpc) is 2.44. The van der Waals surface area contributed by atoms with E-state index in [1.807, 2.05) is 0 Å². The number of rotatable bonds is 8. The Balaban J connectivity index is 0.00000484. The first kappa shape index (κ1) is 21.8. The molecule has 132 valence electrons. The van der Waals surface area contributed by atoms with Gasteiger partial charge in [0, 0.05) is 20.2 Å². The van der Waals surface area contributed by atoms with Crippen molar-refractivity contribution < 1.29 is 17.9 Å². The highest BCUT2D eigenvalue weighted by molar-refractivity contribution is 7.89. The molecule has 0 aliphatic rings. The van der Waals surface area contributed by atoms with Gasteiger partial charge in [-0.05, 0) is 31.5 Å². The molecule has 0 heterocycles. The summed E-state index contributed by atoms with van der Waals surface area (Å²) in [6.45, 7) is 3.90. The molecular weight excluding hydrogens is 342 g/mol. The molecule has 0 aliphatic carbocycles. The van der Waals surface area contributed by atoms with E-state index >= 15 is 0 Å². The fourth-order valence-corrected chi connectivity index (χ4v) is 2.68. The van der Waals surface area contributed by atoms with Crippen LogP contribution in [0.2, 0.25) is 0 Å². The number of halogens is 1. The van der Waals surface area contributed by atoms with Crippen LogP contribution in [0.5, 0.6) is 0 Å². The maximum atomic E-state index is 12.1. The maximum Gasteiger partial charge on any atom is 0.240 e. The Hall–Kier alpha value is -1.19. The van der Waals surface area contributed by atoms with Crippen molar-refractivity contribution in [2.45, 2.75) is 30.8 Å². The van der Waals surface area contributed by atoms with Crippen LogP contribution in [0.25, 0.3) is 0 Å². The minimum absolute atomic E-state index is 0. The predicted octanol–water partition coefficient (Wildman–Crippen LogP) is 0.387. The number of hydrogen-bond acceptors (Lipinski definition) is 5. The van der Waals surface area contributed by atoms with Gasteiger partial charge in [-0.2, -0.15) is 0 Å². The number of methoxy groups -OCH3 is 1. The lowest BCUT2D eigenvalue weighted by Gasteiger charge is -2.18. The maximum absolute atomic E-state index is 12.1. The Morgan fingerprint density at radius 1 is 1.35 bits per heavy atom. The molecule has 7 nitrogen and oxygen atoms in total. The van der Waals surface area contributed by atoms with Crippen LogP contribution in [0, 0.1) is 0 Å². The second-order valence-electron chi connectivity index (χ2n) is 5.44. The van der Waals surface area contributed by atoms with Crippen LogP contribution >= 0.6 is 12.4 Å². The van der Waals surface area contributed by atoms with Crippen molar-refractivity contribution in [1.29, 1.82) is 0 Å². The Kier molecular flexibility index (Phi) is 8.71. The van der Waals surface area contributed by atoms with E-state index in [9.17, 15) is 13.2 Å². The molecule has 1 rings (SSSR count). The molecule has 0 saturated carbocycles. The average molecular weight is 366 g/mol. The monoisotopic (exact) mass is 365 g/mol. The van der Waals surface area contributed by atoms with Crippen LogP contribution in [0.4, 0.5) is 0 Å². The number of nitrogens with two attached hydrogens (primary N) is 1. The van der Waals surface area contributed by atoms with Gasteiger partial charge < -0.3 is 15.8 Å². The molecule has 1 aromatic carbocycles. The zero-order valence-corrected chi connectivity index (χ0v) is 15.1. The zero-order valence-electron chi connectivity index (χ0n) is 13.5. The van der Waals surface area contributed by atoms with Gasteiger partial charge in [-0.3, -0.25) is 4.79 Å². The SMILES string of the molecule is COCCNS(=O)(=O)c1cccc(CNC(=O)C(C)(C)N)c1.Cl. The fourth-order valence-electron chi connectivity index (χ4n) is 1.59. The third-order valence-electron chi connectivity index (χ3n) is 2.85. The molecule has 0 aromatic heterocycles. The van der Waals surface area contributed by atoms with Gasteiger partial charge in [-0.1, -0.05) is 12.1 Å². The molecular formula is C14H24ClN3O4S. The van der Waals surface area contributed by atoms with Gasteiger partial charge in [-0.15, -0.1) is 12.4 Å². The van der Waals surface area contributed by atoms with Crippen LogP contribution in [0.15, 0.2) is 29.2 Å². The second-order valence-corrected chi connectivity index (χ2v) is 7.21. The minimum Gasteiger partial charge on any atom is -0.383 e. The highest BCUT2D eigenvalue weighted by Crippen LogP contribution is 2.11.